The highest BCUT2D eigenvalue weighted by Crippen LogP contribution is 2.20. The van der Waals surface area contributed by atoms with Gasteiger partial charge in [-0.2, -0.15) is 0 Å². The molecule has 2 rings (SSSR count). The van der Waals surface area contributed by atoms with E-state index in [1.165, 1.54) is 17.5 Å². The highest BCUT2D eigenvalue weighted by Gasteiger charge is 2.09. The van der Waals surface area contributed by atoms with Crippen LogP contribution in [0.25, 0.3) is 0 Å². The van der Waals surface area contributed by atoms with E-state index in [9.17, 15) is 0 Å². The van der Waals surface area contributed by atoms with Crippen LogP contribution in [0.15, 0.2) is 54.6 Å². The molecular formula is C19H23ClO. The molecule has 0 saturated heterocycles. The molecule has 0 heterocycles. The number of halogens is 1. The van der Waals surface area contributed by atoms with Crippen molar-refractivity contribution >= 4 is 11.6 Å². The van der Waals surface area contributed by atoms with Crippen LogP contribution in [0.1, 0.15) is 24.0 Å². The topological polar surface area (TPSA) is 9.23 Å². The van der Waals surface area contributed by atoms with Crippen molar-refractivity contribution in [2.75, 3.05) is 13.0 Å². The van der Waals surface area contributed by atoms with Crippen LogP contribution >= 0.6 is 11.6 Å². The first-order valence-corrected chi connectivity index (χ1v) is 8.08. The Morgan fingerprint density at radius 2 is 1.76 bits per heavy atom. The number of aryl methyl sites for hydroxylation is 1. The molecule has 0 aromatic heterocycles. The number of methoxy groups -OCH3 is 1. The monoisotopic (exact) mass is 302 g/mol. The zero-order valence-electron chi connectivity index (χ0n) is 12.6. The molecule has 2 heteroatoms. The Morgan fingerprint density at radius 1 is 1.00 bits per heavy atom. The van der Waals surface area contributed by atoms with Crippen LogP contribution in [0, 0.1) is 5.92 Å². The Morgan fingerprint density at radius 3 is 2.48 bits per heavy atom. The Kier molecular flexibility index (Phi) is 6.62. The zero-order chi connectivity index (χ0) is 14.9. The standard InChI is InChI=1S/C19H23ClO/c1-21-19-12-6-10-17(14-19)13-18(15-20)11-5-9-16-7-3-2-4-8-16/h2-4,6-8,10,12,14,18H,5,9,11,13,15H2,1H3. The molecule has 21 heavy (non-hydrogen) atoms. The largest absolute Gasteiger partial charge is 0.497 e. The van der Waals surface area contributed by atoms with Crippen molar-refractivity contribution in [1.29, 1.82) is 0 Å². The molecule has 2 aromatic carbocycles. The molecule has 0 aliphatic rings. The van der Waals surface area contributed by atoms with E-state index in [2.05, 4.69) is 42.5 Å². The third kappa shape index (κ3) is 5.43. The van der Waals surface area contributed by atoms with Gasteiger partial charge in [0.1, 0.15) is 5.75 Å². The lowest BCUT2D eigenvalue weighted by atomic mass is 9.94. The van der Waals surface area contributed by atoms with Crippen LogP contribution in [0.3, 0.4) is 0 Å². The lowest BCUT2D eigenvalue weighted by molar-refractivity contribution is 0.413. The van der Waals surface area contributed by atoms with Gasteiger partial charge in [0, 0.05) is 5.88 Å². The fourth-order valence-corrected chi connectivity index (χ4v) is 2.87. The molecule has 0 aliphatic carbocycles. The van der Waals surface area contributed by atoms with Crippen LogP contribution in [-0.2, 0) is 12.8 Å². The second-order valence-corrected chi connectivity index (χ2v) is 5.76. The molecule has 0 N–H and O–H groups in total. The van der Waals surface area contributed by atoms with Crippen molar-refractivity contribution in [2.24, 2.45) is 5.92 Å². The highest BCUT2D eigenvalue weighted by atomic mass is 35.5. The molecule has 1 unspecified atom stereocenters. The molecule has 0 amide bonds. The molecule has 112 valence electrons. The summed E-state index contributed by atoms with van der Waals surface area (Å²) in [6, 6.07) is 18.9. The maximum Gasteiger partial charge on any atom is 0.119 e. The third-order valence-corrected chi connectivity index (χ3v) is 4.23. The van der Waals surface area contributed by atoms with Crippen molar-refractivity contribution in [1.82, 2.24) is 0 Å². The molecule has 0 saturated carbocycles. The lowest BCUT2D eigenvalue weighted by Gasteiger charge is -2.14. The molecule has 1 nitrogen and oxygen atoms in total. The summed E-state index contributed by atoms with van der Waals surface area (Å²) < 4.78 is 5.28. The lowest BCUT2D eigenvalue weighted by Crippen LogP contribution is -2.07. The van der Waals surface area contributed by atoms with E-state index in [4.69, 9.17) is 16.3 Å². The van der Waals surface area contributed by atoms with Crippen molar-refractivity contribution in [3.05, 3.63) is 65.7 Å². The molecule has 0 aliphatic heterocycles. The fraction of sp³-hybridized carbons (Fsp3) is 0.368. The van der Waals surface area contributed by atoms with E-state index >= 15 is 0 Å². The summed E-state index contributed by atoms with van der Waals surface area (Å²) in [5.74, 6) is 2.17. The predicted octanol–water partition coefficient (Wildman–Crippen LogP) is 5.12. The molecule has 1 atom stereocenters. The van der Waals surface area contributed by atoms with E-state index in [0.717, 1.165) is 25.0 Å². The summed E-state index contributed by atoms with van der Waals surface area (Å²) in [5.41, 5.74) is 2.71. The van der Waals surface area contributed by atoms with Gasteiger partial charge >= 0.3 is 0 Å². The van der Waals surface area contributed by atoms with Gasteiger partial charge in [-0.15, -0.1) is 11.6 Å². The Labute approximate surface area is 132 Å². The molecule has 0 spiro atoms. The van der Waals surface area contributed by atoms with Crippen LogP contribution in [0.4, 0.5) is 0 Å². The predicted molar refractivity (Wildman–Crippen MR) is 90.3 cm³/mol. The first-order chi connectivity index (χ1) is 10.3. The van der Waals surface area contributed by atoms with Crippen molar-refractivity contribution in [3.8, 4) is 5.75 Å². The van der Waals surface area contributed by atoms with Crippen molar-refractivity contribution in [2.45, 2.75) is 25.7 Å². The Hall–Kier alpha value is -1.47. The van der Waals surface area contributed by atoms with Gasteiger partial charge in [-0.1, -0.05) is 42.5 Å². The second kappa shape index (κ2) is 8.74. The van der Waals surface area contributed by atoms with Gasteiger partial charge in [-0.25, -0.2) is 0 Å². The summed E-state index contributed by atoms with van der Waals surface area (Å²) in [7, 11) is 1.71. The summed E-state index contributed by atoms with van der Waals surface area (Å²) in [5, 5.41) is 0. The summed E-state index contributed by atoms with van der Waals surface area (Å²) >= 11 is 6.14. The smallest absolute Gasteiger partial charge is 0.119 e. The minimum Gasteiger partial charge on any atom is -0.497 e. The average molecular weight is 303 g/mol. The van der Waals surface area contributed by atoms with Crippen LogP contribution < -0.4 is 4.74 Å². The van der Waals surface area contributed by atoms with E-state index < -0.39 is 0 Å². The van der Waals surface area contributed by atoms with Crippen LogP contribution in [-0.4, -0.2) is 13.0 Å². The number of alkyl halides is 1. The molecular weight excluding hydrogens is 280 g/mol. The van der Waals surface area contributed by atoms with Gasteiger partial charge in [0.15, 0.2) is 0 Å². The van der Waals surface area contributed by atoms with Gasteiger partial charge in [0.25, 0.3) is 0 Å². The summed E-state index contributed by atoms with van der Waals surface area (Å²) in [6.07, 6.45) is 4.50. The number of ether oxygens (including phenoxy) is 1. The fourth-order valence-electron chi connectivity index (χ4n) is 2.61. The van der Waals surface area contributed by atoms with Gasteiger partial charge in [-0.3, -0.25) is 0 Å². The quantitative estimate of drug-likeness (QED) is 0.615. The number of rotatable bonds is 8. The van der Waals surface area contributed by atoms with Crippen LogP contribution in [0.2, 0.25) is 0 Å². The maximum absolute atomic E-state index is 6.14. The van der Waals surface area contributed by atoms with Crippen molar-refractivity contribution < 1.29 is 4.74 Å². The van der Waals surface area contributed by atoms with Crippen LogP contribution in [0.5, 0.6) is 5.75 Å². The van der Waals surface area contributed by atoms with Gasteiger partial charge in [-0.05, 0) is 54.9 Å². The van der Waals surface area contributed by atoms with E-state index in [1.54, 1.807) is 7.11 Å². The highest BCUT2D eigenvalue weighted by molar-refractivity contribution is 6.18. The normalized spacial score (nSPS) is 12.1. The Bertz CT molecular complexity index is 524. The molecule has 0 radical (unpaired) electrons. The third-order valence-electron chi connectivity index (χ3n) is 3.80. The number of hydrogen-bond acceptors (Lipinski definition) is 1. The molecule has 0 fully saturated rings. The SMILES string of the molecule is COc1cccc(CC(CCl)CCCc2ccccc2)c1. The van der Waals surface area contributed by atoms with Crippen molar-refractivity contribution in [3.63, 3.8) is 0 Å². The van der Waals surface area contributed by atoms with Gasteiger partial charge in [0.2, 0.25) is 0 Å². The number of benzene rings is 2. The molecule has 2 aromatic rings. The average Bonchev–Trinajstić information content (AvgIpc) is 2.55. The minimum atomic E-state index is 0.530. The van der Waals surface area contributed by atoms with Gasteiger partial charge < -0.3 is 4.74 Å². The van der Waals surface area contributed by atoms with Gasteiger partial charge in [0.05, 0.1) is 7.11 Å². The van der Waals surface area contributed by atoms with E-state index in [-0.39, 0.29) is 0 Å². The second-order valence-electron chi connectivity index (χ2n) is 5.45. The maximum atomic E-state index is 6.14. The zero-order valence-corrected chi connectivity index (χ0v) is 13.4. The summed E-state index contributed by atoms with van der Waals surface area (Å²) in [6.45, 7) is 0. The first kappa shape index (κ1) is 15.9. The number of hydrogen-bond donors (Lipinski definition) is 0. The van der Waals surface area contributed by atoms with E-state index in [1.807, 2.05) is 12.1 Å². The Balaban J connectivity index is 1.82. The molecule has 0 bridgehead atoms. The summed E-state index contributed by atoms with van der Waals surface area (Å²) in [4.78, 5) is 0. The first-order valence-electron chi connectivity index (χ1n) is 7.54. The minimum absolute atomic E-state index is 0.530. The van der Waals surface area contributed by atoms with E-state index in [0.29, 0.717) is 11.8 Å².